The molecule has 2 amide bonds. The van der Waals surface area contributed by atoms with Gasteiger partial charge in [0, 0.05) is 39.1 Å². The normalized spacial score (nSPS) is 15.7. The summed E-state index contributed by atoms with van der Waals surface area (Å²) in [4.78, 5) is 26.6. The first-order chi connectivity index (χ1) is 11.8. The molecule has 1 aromatic rings. The standard InChI is InChI=1S/C15H17F3N4O2S/c16-15(17,18)9-13(24)22-6-4-21(5-7-22)3-1-12(23)20-14-11(10-19)2-8-25-14/h2,8H,1,3-7,9H2,(H,20,23). The number of nitriles is 1. The Morgan fingerprint density at radius 3 is 2.56 bits per heavy atom. The highest BCUT2D eigenvalue weighted by molar-refractivity contribution is 7.14. The second-order valence-electron chi connectivity index (χ2n) is 5.59. The van der Waals surface area contributed by atoms with Crippen LogP contribution in [-0.2, 0) is 9.59 Å². The van der Waals surface area contributed by atoms with Crippen LogP contribution >= 0.6 is 11.3 Å². The number of anilines is 1. The lowest BCUT2D eigenvalue weighted by Gasteiger charge is -2.34. The molecule has 0 aliphatic carbocycles. The molecule has 0 atom stereocenters. The number of carbonyl (C=O) groups excluding carboxylic acids is 2. The monoisotopic (exact) mass is 374 g/mol. The zero-order valence-corrected chi connectivity index (χ0v) is 14.1. The fraction of sp³-hybridized carbons (Fsp3) is 0.533. The van der Waals surface area contributed by atoms with Crippen LogP contribution in [0, 0.1) is 11.3 Å². The first kappa shape index (κ1) is 19.2. The van der Waals surface area contributed by atoms with Crippen molar-refractivity contribution in [2.24, 2.45) is 0 Å². The molecule has 136 valence electrons. The average molecular weight is 374 g/mol. The highest BCUT2D eigenvalue weighted by atomic mass is 32.1. The number of hydrogen-bond acceptors (Lipinski definition) is 5. The van der Waals surface area contributed by atoms with Gasteiger partial charge in [-0.1, -0.05) is 0 Å². The Hall–Kier alpha value is -2.12. The van der Waals surface area contributed by atoms with E-state index in [0.717, 1.165) is 0 Å². The van der Waals surface area contributed by atoms with Gasteiger partial charge in [-0.15, -0.1) is 11.3 Å². The van der Waals surface area contributed by atoms with E-state index in [1.54, 1.807) is 11.4 Å². The highest BCUT2D eigenvalue weighted by Crippen LogP contribution is 2.22. The second kappa shape index (κ2) is 8.31. The molecule has 1 aliphatic rings. The summed E-state index contributed by atoms with van der Waals surface area (Å²) in [5, 5.41) is 13.8. The van der Waals surface area contributed by atoms with E-state index in [1.165, 1.54) is 16.2 Å². The largest absolute Gasteiger partial charge is 0.397 e. The number of halogens is 3. The minimum absolute atomic E-state index is 0.208. The molecule has 0 saturated carbocycles. The van der Waals surface area contributed by atoms with Gasteiger partial charge in [-0.25, -0.2) is 0 Å². The summed E-state index contributed by atoms with van der Waals surface area (Å²) in [6, 6.07) is 3.61. The zero-order valence-electron chi connectivity index (χ0n) is 13.3. The molecule has 1 N–H and O–H groups in total. The Kier molecular flexibility index (Phi) is 6.39. The van der Waals surface area contributed by atoms with E-state index in [-0.39, 0.29) is 25.4 Å². The van der Waals surface area contributed by atoms with Crippen LogP contribution in [0.5, 0.6) is 0 Å². The van der Waals surface area contributed by atoms with Crippen molar-refractivity contribution in [2.75, 3.05) is 38.0 Å². The molecule has 0 radical (unpaired) electrons. The van der Waals surface area contributed by atoms with Gasteiger partial charge >= 0.3 is 6.18 Å². The van der Waals surface area contributed by atoms with Gasteiger partial charge in [0.1, 0.15) is 17.5 Å². The van der Waals surface area contributed by atoms with Crippen molar-refractivity contribution in [2.45, 2.75) is 19.0 Å². The third-order valence-corrected chi connectivity index (χ3v) is 4.60. The molecule has 2 rings (SSSR count). The van der Waals surface area contributed by atoms with Gasteiger partial charge < -0.3 is 10.2 Å². The molecule has 6 nitrogen and oxygen atoms in total. The van der Waals surface area contributed by atoms with Crippen LogP contribution in [0.2, 0.25) is 0 Å². The van der Waals surface area contributed by atoms with Crippen LogP contribution < -0.4 is 5.32 Å². The number of amides is 2. The number of nitrogens with one attached hydrogen (secondary N) is 1. The number of nitrogens with zero attached hydrogens (tertiary/aromatic N) is 3. The Labute approximate surface area is 146 Å². The van der Waals surface area contributed by atoms with Crippen molar-refractivity contribution in [3.63, 3.8) is 0 Å². The molecule has 2 heterocycles. The van der Waals surface area contributed by atoms with E-state index in [9.17, 15) is 22.8 Å². The Bertz CT molecular complexity index is 660. The molecule has 0 spiro atoms. The smallest absolute Gasteiger partial charge is 0.340 e. The van der Waals surface area contributed by atoms with E-state index in [2.05, 4.69) is 5.32 Å². The van der Waals surface area contributed by atoms with Gasteiger partial charge in [-0.3, -0.25) is 14.5 Å². The van der Waals surface area contributed by atoms with E-state index >= 15 is 0 Å². The van der Waals surface area contributed by atoms with Crippen LogP contribution in [0.1, 0.15) is 18.4 Å². The molecule has 0 bridgehead atoms. The molecular weight excluding hydrogens is 357 g/mol. The maximum atomic E-state index is 12.2. The molecular formula is C15H17F3N4O2S. The second-order valence-corrected chi connectivity index (χ2v) is 6.50. The number of hydrogen-bond donors (Lipinski definition) is 1. The van der Waals surface area contributed by atoms with Gasteiger partial charge in [-0.2, -0.15) is 18.4 Å². The molecule has 0 aromatic carbocycles. The van der Waals surface area contributed by atoms with Crippen molar-refractivity contribution < 1.29 is 22.8 Å². The predicted octanol–water partition coefficient (Wildman–Crippen LogP) is 2.04. The number of alkyl halides is 3. The van der Waals surface area contributed by atoms with E-state index in [1.807, 2.05) is 11.0 Å². The van der Waals surface area contributed by atoms with Crippen LogP contribution in [-0.4, -0.2) is 60.5 Å². The molecule has 0 unspecified atom stereocenters. The number of rotatable bonds is 5. The van der Waals surface area contributed by atoms with Crippen molar-refractivity contribution in [3.8, 4) is 6.07 Å². The lowest BCUT2D eigenvalue weighted by atomic mass is 10.2. The summed E-state index contributed by atoms with van der Waals surface area (Å²) >= 11 is 1.27. The molecule has 25 heavy (non-hydrogen) atoms. The number of thiophene rings is 1. The summed E-state index contributed by atoms with van der Waals surface area (Å²) in [7, 11) is 0. The number of carbonyl (C=O) groups is 2. The minimum Gasteiger partial charge on any atom is -0.340 e. The summed E-state index contributed by atoms with van der Waals surface area (Å²) in [6.45, 7) is 1.75. The maximum Gasteiger partial charge on any atom is 0.397 e. The molecule has 1 fully saturated rings. The van der Waals surface area contributed by atoms with E-state index < -0.39 is 18.5 Å². The summed E-state index contributed by atoms with van der Waals surface area (Å²) in [5.74, 6) is -1.14. The minimum atomic E-state index is -4.49. The summed E-state index contributed by atoms with van der Waals surface area (Å²) in [5.41, 5.74) is 0.412. The Morgan fingerprint density at radius 2 is 1.96 bits per heavy atom. The molecule has 1 aliphatic heterocycles. The van der Waals surface area contributed by atoms with Crippen LogP contribution in [0.15, 0.2) is 11.4 Å². The first-order valence-corrected chi connectivity index (χ1v) is 8.51. The lowest BCUT2D eigenvalue weighted by molar-refractivity contribution is -0.162. The van der Waals surface area contributed by atoms with Crippen molar-refractivity contribution in [1.29, 1.82) is 5.26 Å². The highest BCUT2D eigenvalue weighted by Gasteiger charge is 2.34. The third kappa shape index (κ3) is 6.03. The van der Waals surface area contributed by atoms with Gasteiger partial charge in [0.25, 0.3) is 0 Å². The molecule has 1 saturated heterocycles. The Balaban J connectivity index is 1.71. The number of piperazine rings is 1. The average Bonchev–Trinajstić information content (AvgIpc) is 2.99. The first-order valence-electron chi connectivity index (χ1n) is 7.63. The third-order valence-electron chi connectivity index (χ3n) is 3.77. The van der Waals surface area contributed by atoms with Crippen molar-refractivity contribution >= 4 is 28.2 Å². The summed E-state index contributed by atoms with van der Waals surface area (Å²) < 4.78 is 36.7. The molecule has 10 heteroatoms. The summed E-state index contributed by atoms with van der Waals surface area (Å²) in [6.07, 6.45) is -5.72. The van der Waals surface area contributed by atoms with E-state index in [0.29, 0.717) is 30.2 Å². The zero-order chi connectivity index (χ0) is 18.4. The fourth-order valence-corrected chi connectivity index (χ4v) is 3.20. The van der Waals surface area contributed by atoms with Crippen LogP contribution in [0.25, 0.3) is 0 Å². The van der Waals surface area contributed by atoms with Crippen LogP contribution in [0.3, 0.4) is 0 Å². The SMILES string of the molecule is N#Cc1ccsc1NC(=O)CCN1CCN(C(=O)CC(F)(F)F)CC1. The van der Waals surface area contributed by atoms with Crippen molar-refractivity contribution in [3.05, 3.63) is 17.0 Å². The Morgan fingerprint density at radius 1 is 1.28 bits per heavy atom. The van der Waals surface area contributed by atoms with Gasteiger partial charge in [0.2, 0.25) is 11.8 Å². The molecule has 1 aromatic heterocycles. The quantitative estimate of drug-likeness (QED) is 0.856. The fourth-order valence-electron chi connectivity index (χ4n) is 2.45. The topological polar surface area (TPSA) is 76.4 Å². The lowest BCUT2D eigenvalue weighted by Crippen LogP contribution is -2.49. The van der Waals surface area contributed by atoms with Gasteiger partial charge in [0.05, 0.1) is 5.56 Å². The van der Waals surface area contributed by atoms with Gasteiger partial charge in [-0.05, 0) is 11.4 Å². The maximum absolute atomic E-state index is 12.2. The predicted molar refractivity (Wildman–Crippen MR) is 86.0 cm³/mol. The van der Waals surface area contributed by atoms with E-state index in [4.69, 9.17) is 5.26 Å². The van der Waals surface area contributed by atoms with Crippen molar-refractivity contribution in [1.82, 2.24) is 9.80 Å². The van der Waals surface area contributed by atoms with Crippen LogP contribution in [0.4, 0.5) is 18.2 Å². The van der Waals surface area contributed by atoms with Gasteiger partial charge in [0.15, 0.2) is 0 Å².